The zero-order chi connectivity index (χ0) is 20.3. The quantitative estimate of drug-likeness (QED) is 0.392. The molecular formula is C22H29ClN4O2. The van der Waals surface area contributed by atoms with E-state index >= 15 is 0 Å². The van der Waals surface area contributed by atoms with Gasteiger partial charge in [-0.3, -0.25) is 4.99 Å². The number of rotatable bonds is 8. The first-order valence-corrected chi connectivity index (χ1v) is 10.4. The number of hydrogen-bond acceptors (Lipinski definition) is 4. The summed E-state index contributed by atoms with van der Waals surface area (Å²) >= 11 is 5.81. The van der Waals surface area contributed by atoms with E-state index in [4.69, 9.17) is 21.1 Å². The summed E-state index contributed by atoms with van der Waals surface area (Å²) < 4.78 is 11.3. The van der Waals surface area contributed by atoms with Crippen LogP contribution in [-0.4, -0.2) is 43.9 Å². The highest BCUT2D eigenvalue weighted by Gasteiger charge is 2.13. The van der Waals surface area contributed by atoms with Gasteiger partial charge in [-0.05, 0) is 42.0 Å². The van der Waals surface area contributed by atoms with E-state index in [1.165, 1.54) is 11.1 Å². The van der Waals surface area contributed by atoms with Crippen LogP contribution in [0.25, 0.3) is 0 Å². The number of pyridine rings is 1. The van der Waals surface area contributed by atoms with Crippen LogP contribution in [0.3, 0.4) is 0 Å². The highest BCUT2D eigenvalue weighted by molar-refractivity contribution is 6.29. The Bertz CT molecular complexity index is 759. The summed E-state index contributed by atoms with van der Waals surface area (Å²) in [7, 11) is 1.77. The summed E-state index contributed by atoms with van der Waals surface area (Å²) in [4.78, 5) is 8.37. The summed E-state index contributed by atoms with van der Waals surface area (Å²) in [5.41, 5.74) is 3.53. The first kappa shape index (κ1) is 21.6. The van der Waals surface area contributed by atoms with Crippen molar-refractivity contribution in [2.75, 3.05) is 26.8 Å². The lowest BCUT2D eigenvalue weighted by molar-refractivity contribution is -0.0390. The molecule has 2 heterocycles. The van der Waals surface area contributed by atoms with Crippen molar-refractivity contribution in [2.45, 2.75) is 38.5 Å². The normalized spacial score (nSPS) is 15.3. The van der Waals surface area contributed by atoms with Gasteiger partial charge in [0.15, 0.2) is 5.96 Å². The minimum atomic E-state index is 0.322. The van der Waals surface area contributed by atoms with Crippen LogP contribution in [0.15, 0.2) is 47.6 Å². The predicted octanol–water partition coefficient (Wildman–Crippen LogP) is 3.34. The Balaban J connectivity index is 1.36. The van der Waals surface area contributed by atoms with Crippen molar-refractivity contribution in [3.8, 4) is 0 Å². The van der Waals surface area contributed by atoms with Crippen LogP contribution in [-0.2, 0) is 29.0 Å². The average Bonchev–Trinajstić information content (AvgIpc) is 2.77. The van der Waals surface area contributed by atoms with Gasteiger partial charge in [-0.2, -0.15) is 0 Å². The Labute approximate surface area is 177 Å². The van der Waals surface area contributed by atoms with E-state index in [0.717, 1.165) is 50.5 Å². The summed E-state index contributed by atoms with van der Waals surface area (Å²) in [6.07, 6.45) is 4.95. The van der Waals surface area contributed by atoms with Crippen molar-refractivity contribution in [2.24, 2.45) is 4.99 Å². The fourth-order valence-corrected chi connectivity index (χ4v) is 3.21. The second-order valence-corrected chi connectivity index (χ2v) is 7.42. The monoisotopic (exact) mass is 416 g/mol. The molecule has 0 radical (unpaired) electrons. The Morgan fingerprint density at radius 2 is 1.83 bits per heavy atom. The Morgan fingerprint density at radius 1 is 1.10 bits per heavy atom. The molecule has 0 saturated carbocycles. The lowest BCUT2D eigenvalue weighted by Gasteiger charge is -2.22. The summed E-state index contributed by atoms with van der Waals surface area (Å²) in [6, 6.07) is 12.3. The van der Waals surface area contributed by atoms with Crippen LogP contribution >= 0.6 is 11.6 Å². The third-order valence-electron chi connectivity index (χ3n) is 4.86. The van der Waals surface area contributed by atoms with Gasteiger partial charge in [0.25, 0.3) is 0 Å². The summed E-state index contributed by atoms with van der Waals surface area (Å²) in [5, 5.41) is 7.17. The van der Waals surface area contributed by atoms with Crippen LogP contribution in [0.2, 0.25) is 5.15 Å². The average molecular weight is 417 g/mol. The molecule has 1 aromatic heterocycles. The van der Waals surface area contributed by atoms with E-state index in [1.54, 1.807) is 13.2 Å². The Hall–Kier alpha value is -2.15. The molecule has 1 aliphatic rings. The standard InChI is InChI=1S/C22H29ClN4O2/c1-24-22(25-11-8-18-6-7-21(23)26-14-18)27-15-17-2-4-19(5-3-17)16-29-20-9-12-28-13-10-20/h2-7,14,20H,8-13,15-16H2,1H3,(H2,24,25,27). The number of ether oxygens (including phenoxy) is 2. The molecule has 29 heavy (non-hydrogen) atoms. The molecule has 0 unspecified atom stereocenters. The zero-order valence-corrected chi connectivity index (χ0v) is 17.6. The predicted molar refractivity (Wildman–Crippen MR) is 116 cm³/mol. The van der Waals surface area contributed by atoms with Crippen LogP contribution in [0.4, 0.5) is 0 Å². The number of aliphatic imine (C=N–C) groups is 1. The molecule has 3 rings (SSSR count). The minimum absolute atomic E-state index is 0.322. The van der Waals surface area contributed by atoms with Gasteiger partial charge in [0.05, 0.1) is 12.7 Å². The minimum Gasteiger partial charge on any atom is -0.381 e. The maximum atomic E-state index is 5.98. The molecule has 156 valence electrons. The molecule has 1 aromatic carbocycles. The molecule has 1 saturated heterocycles. The van der Waals surface area contributed by atoms with E-state index in [-0.39, 0.29) is 0 Å². The van der Waals surface area contributed by atoms with Gasteiger partial charge in [-0.25, -0.2) is 4.98 Å². The van der Waals surface area contributed by atoms with Crippen LogP contribution < -0.4 is 10.6 Å². The molecule has 6 nitrogen and oxygen atoms in total. The molecule has 2 aromatic rings. The SMILES string of the molecule is CN=C(NCCc1ccc(Cl)nc1)NCc1ccc(COC2CCOCC2)cc1. The largest absolute Gasteiger partial charge is 0.381 e. The molecule has 0 atom stereocenters. The molecule has 0 bridgehead atoms. The number of halogens is 1. The number of guanidine groups is 1. The molecule has 0 aliphatic carbocycles. The molecule has 0 spiro atoms. The van der Waals surface area contributed by atoms with E-state index in [2.05, 4.69) is 44.9 Å². The van der Waals surface area contributed by atoms with E-state index in [0.29, 0.717) is 24.4 Å². The van der Waals surface area contributed by atoms with Crippen LogP contribution in [0.5, 0.6) is 0 Å². The molecule has 2 N–H and O–H groups in total. The summed E-state index contributed by atoms with van der Waals surface area (Å²) in [5.74, 6) is 0.777. The molecular weight excluding hydrogens is 388 g/mol. The number of nitrogens with one attached hydrogen (secondary N) is 2. The topological polar surface area (TPSA) is 67.8 Å². The second-order valence-electron chi connectivity index (χ2n) is 7.03. The lowest BCUT2D eigenvalue weighted by atomic mass is 10.1. The Morgan fingerprint density at radius 3 is 2.52 bits per heavy atom. The number of hydrogen-bond donors (Lipinski definition) is 2. The van der Waals surface area contributed by atoms with E-state index in [1.807, 2.05) is 12.1 Å². The van der Waals surface area contributed by atoms with Crippen molar-refractivity contribution in [1.29, 1.82) is 0 Å². The third kappa shape index (κ3) is 7.65. The smallest absolute Gasteiger partial charge is 0.191 e. The van der Waals surface area contributed by atoms with Crippen molar-refractivity contribution >= 4 is 17.6 Å². The fourth-order valence-electron chi connectivity index (χ4n) is 3.10. The fraction of sp³-hybridized carbons (Fsp3) is 0.455. The maximum absolute atomic E-state index is 5.98. The highest BCUT2D eigenvalue weighted by Crippen LogP contribution is 2.14. The molecule has 1 aliphatic heterocycles. The van der Waals surface area contributed by atoms with Crippen molar-refractivity contribution in [3.05, 3.63) is 64.4 Å². The van der Waals surface area contributed by atoms with Gasteiger partial charge in [-0.15, -0.1) is 0 Å². The molecule has 1 fully saturated rings. The number of benzene rings is 1. The van der Waals surface area contributed by atoms with Crippen molar-refractivity contribution < 1.29 is 9.47 Å². The second kappa shape index (κ2) is 11.8. The van der Waals surface area contributed by atoms with Gasteiger partial charge in [0, 0.05) is 39.5 Å². The summed E-state index contributed by atoms with van der Waals surface area (Å²) in [6.45, 7) is 3.75. The Kier molecular flexibility index (Phi) is 8.74. The van der Waals surface area contributed by atoms with Gasteiger partial charge in [-0.1, -0.05) is 41.9 Å². The van der Waals surface area contributed by atoms with Crippen molar-refractivity contribution in [3.63, 3.8) is 0 Å². The zero-order valence-electron chi connectivity index (χ0n) is 16.9. The lowest BCUT2D eigenvalue weighted by Crippen LogP contribution is -2.37. The van der Waals surface area contributed by atoms with Crippen LogP contribution in [0.1, 0.15) is 29.5 Å². The first-order valence-electron chi connectivity index (χ1n) is 10.0. The van der Waals surface area contributed by atoms with Gasteiger partial charge in [0.1, 0.15) is 5.15 Å². The number of aromatic nitrogens is 1. The molecule has 0 amide bonds. The van der Waals surface area contributed by atoms with Gasteiger partial charge in [0.2, 0.25) is 0 Å². The van der Waals surface area contributed by atoms with Crippen LogP contribution in [0, 0.1) is 0 Å². The maximum Gasteiger partial charge on any atom is 0.191 e. The van der Waals surface area contributed by atoms with Gasteiger partial charge < -0.3 is 20.1 Å². The van der Waals surface area contributed by atoms with E-state index < -0.39 is 0 Å². The highest BCUT2D eigenvalue weighted by atomic mass is 35.5. The van der Waals surface area contributed by atoms with E-state index in [9.17, 15) is 0 Å². The van der Waals surface area contributed by atoms with Crippen molar-refractivity contribution in [1.82, 2.24) is 15.6 Å². The first-order chi connectivity index (χ1) is 14.2. The molecule has 7 heteroatoms. The number of nitrogens with zero attached hydrogens (tertiary/aromatic N) is 2. The van der Waals surface area contributed by atoms with Gasteiger partial charge >= 0.3 is 0 Å². The third-order valence-corrected chi connectivity index (χ3v) is 5.08.